The van der Waals surface area contributed by atoms with Gasteiger partial charge < -0.3 is 16.4 Å². The minimum Gasteiger partial charge on any atom is -0.368 e. The summed E-state index contributed by atoms with van der Waals surface area (Å²) in [7, 11) is 0. The van der Waals surface area contributed by atoms with E-state index in [0.717, 1.165) is 12.1 Å². The standard InChI is InChI=1S/C31H22F3N5O3/c32-31(33,34)21-12-8-18(9-13-21)22-5-1-2-6-23(22)30(42)38-26-15-11-19-17-20(10-14-24(19)37-26)29(41)39-27(28(35)40)25-7-3-4-16-36-25/h1-17,27H,(H2,35,40)(H,39,41)(H,37,38,42)/t27-/m0/s1. The third-order valence-corrected chi connectivity index (χ3v) is 6.43. The first-order chi connectivity index (χ1) is 20.1. The number of rotatable bonds is 7. The smallest absolute Gasteiger partial charge is 0.368 e. The number of carbonyl (C=O) groups excluding carboxylic acids is 3. The Bertz CT molecular complexity index is 1790. The van der Waals surface area contributed by atoms with Crippen molar-refractivity contribution in [2.75, 3.05) is 5.32 Å². The predicted molar refractivity (Wildman–Crippen MR) is 150 cm³/mol. The minimum absolute atomic E-state index is 0.232. The van der Waals surface area contributed by atoms with E-state index in [-0.39, 0.29) is 16.9 Å². The first-order valence-corrected chi connectivity index (χ1v) is 12.6. The second-order valence-electron chi connectivity index (χ2n) is 9.24. The number of anilines is 1. The fourth-order valence-electron chi connectivity index (χ4n) is 4.34. The maximum absolute atomic E-state index is 13.2. The highest BCUT2D eigenvalue weighted by Crippen LogP contribution is 2.32. The number of pyridine rings is 2. The van der Waals surface area contributed by atoms with Gasteiger partial charge in [0.05, 0.1) is 16.8 Å². The van der Waals surface area contributed by atoms with E-state index < -0.39 is 35.5 Å². The number of hydrogen-bond acceptors (Lipinski definition) is 5. The third-order valence-electron chi connectivity index (χ3n) is 6.43. The van der Waals surface area contributed by atoms with Crippen LogP contribution in [0.5, 0.6) is 0 Å². The molecule has 11 heteroatoms. The van der Waals surface area contributed by atoms with Crippen molar-refractivity contribution in [2.45, 2.75) is 12.2 Å². The summed E-state index contributed by atoms with van der Waals surface area (Å²) in [5.41, 5.74) is 6.90. The van der Waals surface area contributed by atoms with E-state index in [9.17, 15) is 27.6 Å². The summed E-state index contributed by atoms with van der Waals surface area (Å²) in [6.07, 6.45) is -2.98. The molecule has 5 rings (SSSR count). The van der Waals surface area contributed by atoms with Crippen LogP contribution in [-0.2, 0) is 11.0 Å². The molecular formula is C31H22F3N5O3. The number of primary amides is 1. The number of aromatic nitrogens is 2. The zero-order valence-electron chi connectivity index (χ0n) is 21.7. The molecule has 42 heavy (non-hydrogen) atoms. The van der Waals surface area contributed by atoms with Crippen LogP contribution in [0.25, 0.3) is 22.0 Å². The van der Waals surface area contributed by atoms with Gasteiger partial charge in [0.25, 0.3) is 11.8 Å². The van der Waals surface area contributed by atoms with E-state index in [2.05, 4.69) is 20.6 Å². The summed E-state index contributed by atoms with van der Waals surface area (Å²) in [5.74, 6) is -1.57. The summed E-state index contributed by atoms with van der Waals surface area (Å²) in [4.78, 5) is 46.5. The van der Waals surface area contributed by atoms with Gasteiger partial charge in [-0.15, -0.1) is 0 Å². The summed E-state index contributed by atoms with van der Waals surface area (Å²) >= 11 is 0. The molecule has 5 aromatic rings. The number of amides is 3. The molecule has 0 saturated heterocycles. The fourth-order valence-corrected chi connectivity index (χ4v) is 4.34. The second kappa shape index (κ2) is 11.5. The minimum atomic E-state index is -4.46. The van der Waals surface area contributed by atoms with Crippen molar-refractivity contribution >= 4 is 34.4 Å². The number of halogens is 3. The summed E-state index contributed by atoms with van der Waals surface area (Å²) < 4.78 is 38.9. The molecule has 0 aliphatic carbocycles. The summed E-state index contributed by atoms with van der Waals surface area (Å²) in [6, 6.07) is 22.9. The van der Waals surface area contributed by atoms with Gasteiger partial charge in [-0.05, 0) is 71.8 Å². The molecule has 0 radical (unpaired) electrons. The highest BCUT2D eigenvalue weighted by Gasteiger charge is 2.30. The van der Waals surface area contributed by atoms with E-state index in [1.165, 1.54) is 24.4 Å². The van der Waals surface area contributed by atoms with Gasteiger partial charge in [0.1, 0.15) is 5.82 Å². The highest BCUT2D eigenvalue weighted by atomic mass is 19.4. The van der Waals surface area contributed by atoms with Crippen LogP contribution in [0.3, 0.4) is 0 Å². The molecule has 3 amide bonds. The molecule has 0 aliphatic heterocycles. The van der Waals surface area contributed by atoms with Crippen molar-refractivity contribution in [2.24, 2.45) is 5.73 Å². The van der Waals surface area contributed by atoms with Gasteiger partial charge >= 0.3 is 6.18 Å². The normalized spacial score (nSPS) is 12.0. The first-order valence-electron chi connectivity index (χ1n) is 12.6. The quantitative estimate of drug-likeness (QED) is 0.238. The van der Waals surface area contributed by atoms with E-state index >= 15 is 0 Å². The average molecular weight is 570 g/mol. The molecule has 0 saturated carbocycles. The number of nitrogens with one attached hydrogen (secondary N) is 2. The van der Waals surface area contributed by atoms with Gasteiger partial charge in [-0.3, -0.25) is 19.4 Å². The number of nitrogens with two attached hydrogens (primary N) is 1. The van der Waals surface area contributed by atoms with Crippen LogP contribution in [0.1, 0.15) is 38.0 Å². The third kappa shape index (κ3) is 6.09. The predicted octanol–water partition coefficient (Wildman–Crippen LogP) is 5.52. The topological polar surface area (TPSA) is 127 Å². The maximum Gasteiger partial charge on any atom is 0.416 e. The number of fused-ring (bicyclic) bond motifs is 1. The molecule has 210 valence electrons. The lowest BCUT2D eigenvalue weighted by atomic mass is 9.98. The Kier molecular flexibility index (Phi) is 7.65. The Morgan fingerprint density at radius 1 is 0.810 bits per heavy atom. The lowest BCUT2D eigenvalue weighted by molar-refractivity contribution is -0.137. The number of nitrogens with zero attached hydrogens (tertiary/aromatic N) is 2. The molecule has 0 fully saturated rings. The number of benzene rings is 3. The van der Waals surface area contributed by atoms with Crippen molar-refractivity contribution in [1.82, 2.24) is 15.3 Å². The number of alkyl halides is 3. The number of carbonyl (C=O) groups is 3. The Labute approximate surface area is 237 Å². The summed E-state index contributed by atoms with van der Waals surface area (Å²) in [5, 5.41) is 5.91. The average Bonchev–Trinajstić information content (AvgIpc) is 2.99. The van der Waals surface area contributed by atoms with Gasteiger partial charge in [0.15, 0.2) is 6.04 Å². The molecule has 1 atom stereocenters. The van der Waals surface area contributed by atoms with Gasteiger partial charge in [-0.1, -0.05) is 36.4 Å². The Balaban J connectivity index is 1.33. The van der Waals surface area contributed by atoms with Crippen LogP contribution in [0.4, 0.5) is 19.0 Å². The van der Waals surface area contributed by atoms with E-state index in [0.29, 0.717) is 27.7 Å². The molecule has 0 unspecified atom stereocenters. The lowest BCUT2D eigenvalue weighted by Crippen LogP contribution is -2.38. The molecular weight excluding hydrogens is 547 g/mol. The largest absolute Gasteiger partial charge is 0.416 e. The van der Waals surface area contributed by atoms with Crippen molar-refractivity contribution in [1.29, 1.82) is 0 Å². The zero-order chi connectivity index (χ0) is 29.9. The molecule has 3 aromatic carbocycles. The van der Waals surface area contributed by atoms with Crippen LogP contribution in [0.2, 0.25) is 0 Å². The van der Waals surface area contributed by atoms with Gasteiger partial charge in [-0.2, -0.15) is 13.2 Å². The molecule has 8 nitrogen and oxygen atoms in total. The molecule has 0 spiro atoms. The van der Waals surface area contributed by atoms with Gasteiger partial charge in [0, 0.05) is 22.7 Å². The van der Waals surface area contributed by atoms with Crippen LogP contribution in [0.15, 0.2) is 103 Å². The highest BCUT2D eigenvalue weighted by molar-refractivity contribution is 6.08. The monoisotopic (exact) mass is 569 g/mol. The maximum atomic E-state index is 13.2. The molecule has 4 N–H and O–H groups in total. The number of hydrogen-bond donors (Lipinski definition) is 3. The SMILES string of the molecule is NC(=O)[C@@H](NC(=O)c1ccc2nc(NC(=O)c3ccccc3-c3ccc(C(F)(F)F)cc3)ccc2c1)c1ccccn1. The lowest BCUT2D eigenvalue weighted by Gasteiger charge is -2.15. The molecule has 0 aliphatic rings. The van der Waals surface area contributed by atoms with Gasteiger partial charge in [-0.25, -0.2) is 4.98 Å². The van der Waals surface area contributed by atoms with E-state index in [1.54, 1.807) is 66.7 Å². The van der Waals surface area contributed by atoms with Crippen LogP contribution in [0, 0.1) is 0 Å². The second-order valence-corrected chi connectivity index (χ2v) is 9.24. The Morgan fingerprint density at radius 3 is 2.24 bits per heavy atom. The van der Waals surface area contributed by atoms with Crippen LogP contribution < -0.4 is 16.4 Å². The van der Waals surface area contributed by atoms with E-state index in [1.807, 2.05) is 0 Å². The Hall–Kier alpha value is -5.58. The van der Waals surface area contributed by atoms with Crippen molar-refractivity contribution < 1.29 is 27.6 Å². The molecule has 2 aromatic heterocycles. The van der Waals surface area contributed by atoms with Crippen molar-refractivity contribution in [3.63, 3.8) is 0 Å². The Morgan fingerprint density at radius 2 is 1.55 bits per heavy atom. The zero-order valence-corrected chi connectivity index (χ0v) is 21.7. The van der Waals surface area contributed by atoms with E-state index in [4.69, 9.17) is 5.73 Å². The first kappa shape index (κ1) is 28.0. The summed E-state index contributed by atoms with van der Waals surface area (Å²) in [6.45, 7) is 0. The van der Waals surface area contributed by atoms with Gasteiger partial charge in [0.2, 0.25) is 5.91 Å². The van der Waals surface area contributed by atoms with Crippen molar-refractivity contribution in [3.05, 3.63) is 126 Å². The van der Waals surface area contributed by atoms with Crippen LogP contribution in [-0.4, -0.2) is 27.7 Å². The van der Waals surface area contributed by atoms with Crippen molar-refractivity contribution in [3.8, 4) is 11.1 Å². The molecule has 2 heterocycles. The molecule has 0 bridgehead atoms. The van der Waals surface area contributed by atoms with Crippen LogP contribution >= 0.6 is 0 Å². The fraction of sp³-hybridized carbons (Fsp3) is 0.0645.